The van der Waals surface area contributed by atoms with E-state index in [1.807, 2.05) is 25.2 Å². The van der Waals surface area contributed by atoms with Crippen molar-refractivity contribution in [2.75, 3.05) is 20.8 Å². The highest BCUT2D eigenvalue weighted by atomic mass is 79.9. The normalized spacial score (nSPS) is 12.4. The molecule has 0 aliphatic carbocycles. The Labute approximate surface area is 133 Å². The zero-order valence-corrected chi connectivity index (χ0v) is 13.8. The van der Waals surface area contributed by atoms with E-state index < -0.39 is 0 Å². The Balaban J connectivity index is 2.24. The molecule has 0 amide bonds. The predicted octanol–water partition coefficient (Wildman–Crippen LogP) is 4.09. The maximum atomic E-state index is 14.1. The van der Waals surface area contributed by atoms with Gasteiger partial charge in [0.1, 0.15) is 5.82 Å². The first-order valence-corrected chi connectivity index (χ1v) is 7.65. The molecule has 0 fully saturated rings. The smallest absolute Gasteiger partial charge is 0.129 e. The Hall–Kier alpha value is -1.23. The quantitative estimate of drug-likeness (QED) is 0.846. The summed E-state index contributed by atoms with van der Waals surface area (Å²) in [6.07, 6.45) is 0.883. The molecule has 0 heterocycles. The van der Waals surface area contributed by atoms with Crippen LogP contribution in [0.3, 0.4) is 0 Å². The lowest BCUT2D eigenvalue weighted by molar-refractivity contribution is 0.202. The van der Waals surface area contributed by atoms with Crippen molar-refractivity contribution in [1.82, 2.24) is 5.32 Å². The van der Waals surface area contributed by atoms with Gasteiger partial charge in [-0.3, -0.25) is 0 Å². The summed E-state index contributed by atoms with van der Waals surface area (Å²) in [5.41, 5.74) is 2.90. The minimum Gasteiger partial charge on any atom is -0.384 e. The molecule has 0 saturated heterocycles. The van der Waals surface area contributed by atoms with Gasteiger partial charge in [-0.25, -0.2) is 4.39 Å². The van der Waals surface area contributed by atoms with Crippen LogP contribution in [0.15, 0.2) is 46.9 Å². The van der Waals surface area contributed by atoms with Gasteiger partial charge >= 0.3 is 0 Å². The van der Waals surface area contributed by atoms with Gasteiger partial charge < -0.3 is 10.1 Å². The Bertz CT molecular complexity index is 586. The Morgan fingerprint density at radius 2 is 1.90 bits per heavy atom. The van der Waals surface area contributed by atoms with Crippen LogP contribution in [-0.2, 0) is 11.2 Å². The highest BCUT2D eigenvalue weighted by Crippen LogP contribution is 2.26. The fraction of sp³-hybridized carbons (Fsp3) is 0.294. The standard InChI is InChI=1S/C17H19BrFNO/c1-20-17(15-8-7-14(18)11-16(15)19)13-5-3-12(4-6-13)9-10-21-2/h3-8,11,17,20H,9-10H2,1-2H3. The van der Waals surface area contributed by atoms with Crippen molar-refractivity contribution in [3.05, 3.63) is 69.4 Å². The molecule has 0 aliphatic heterocycles. The molecule has 0 radical (unpaired) electrons. The molecule has 2 aromatic carbocycles. The van der Waals surface area contributed by atoms with E-state index in [9.17, 15) is 4.39 Å². The van der Waals surface area contributed by atoms with Crippen LogP contribution in [0.4, 0.5) is 4.39 Å². The predicted molar refractivity (Wildman–Crippen MR) is 87.0 cm³/mol. The topological polar surface area (TPSA) is 21.3 Å². The third-order valence-corrected chi connectivity index (χ3v) is 3.96. The number of methoxy groups -OCH3 is 1. The molecule has 0 spiro atoms. The third kappa shape index (κ3) is 4.13. The number of hydrogen-bond acceptors (Lipinski definition) is 2. The van der Waals surface area contributed by atoms with E-state index >= 15 is 0 Å². The van der Waals surface area contributed by atoms with Crippen LogP contribution in [0.5, 0.6) is 0 Å². The maximum absolute atomic E-state index is 14.1. The number of ether oxygens (including phenoxy) is 1. The van der Waals surface area contributed by atoms with Crippen molar-refractivity contribution in [1.29, 1.82) is 0 Å². The molecule has 1 unspecified atom stereocenters. The average Bonchev–Trinajstić information content (AvgIpc) is 2.49. The first-order valence-electron chi connectivity index (χ1n) is 6.85. The molecular formula is C17H19BrFNO. The van der Waals surface area contributed by atoms with Crippen LogP contribution < -0.4 is 5.32 Å². The van der Waals surface area contributed by atoms with Crippen LogP contribution in [0.25, 0.3) is 0 Å². The van der Waals surface area contributed by atoms with Crippen molar-refractivity contribution >= 4 is 15.9 Å². The molecular weight excluding hydrogens is 333 g/mol. The largest absolute Gasteiger partial charge is 0.384 e. The summed E-state index contributed by atoms with van der Waals surface area (Å²) in [7, 11) is 3.53. The molecule has 0 saturated carbocycles. The van der Waals surface area contributed by atoms with Gasteiger partial charge in [0, 0.05) is 17.1 Å². The van der Waals surface area contributed by atoms with Gasteiger partial charge in [-0.15, -0.1) is 0 Å². The summed E-state index contributed by atoms with van der Waals surface area (Å²) >= 11 is 3.28. The maximum Gasteiger partial charge on any atom is 0.129 e. The fourth-order valence-corrected chi connectivity index (χ4v) is 2.67. The minimum absolute atomic E-state index is 0.158. The van der Waals surface area contributed by atoms with Crippen LogP contribution in [0, 0.1) is 5.82 Å². The van der Waals surface area contributed by atoms with Crippen molar-refractivity contribution in [3.8, 4) is 0 Å². The molecule has 0 aliphatic rings. The first-order chi connectivity index (χ1) is 10.2. The van der Waals surface area contributed by atoms with Gasteiger partial charge in [-0.1, -0.05) is 46.3 Å². The lowest BCUT2D eigenvalue weighted by Crippen LogP contribution is -2.19. The summed E-state index contributed by atoms with van der Waals surface area (Å²) < 4.78 is 20.0. The second-order valence-corrected chi connectivity index (χ2v) is 5.79. The molecule has 2 rings (SSSR count). The van der Waals surface area contributed by atoms with Crippen LogP contribution in [0.2, 0.25) is 0 Å². The van der Waals surface area contributed by atoms with Gasteiger partial charge in [-0.05, 0) is 36.7 Å². The number of rotatable bonds is 6. The van der Waals surface area contributed by atoms with Crippen LogP contribution in [0.1, 0.15) is 22.7 Å². The van der Waals surface area contributed by atoms with E-state index in [4.69, 9.17) is 4.74 Å². The second kappa shape index (κ2) is 7.69. The van der Waals surface area contributed by atoms with Gasteiger partial charge in [0.2, 0.25) is 0 Å². The van der Waals surface area contributed by atoms with E-state index in [0.717, 1.165) is 16.5 Å². The monoisotopic (exact) mass is 351 g/mol. The molecule has 2 aromatic rings. The summed E-state index contributed by atoms with van der Waals surface area (Å²) in [5.74, 6) is -0.216. The van der Waals surface area contributed by atoms with Gasteiger partial charge in [0.25, 0.3) is 0 Å². The van der Waals surface area contributed by atoms with E-state index in [1.165, 1.54) is 11.6 Å². The summed E-state index contributed by atoms with van der Waals surface area (Å²) in [6, 6.07) is 13.2. The van der Waals surface area contributed by atoms with E-state index in [-0.39, 0.29) is 11.9 Å². The number of halogens is 2. The molecule has 112 valence electrons. The summed E-state index contributed by atoms with van der Waals surface area (Å²) in [4.78, 5) is 0. The first kappa shape index (κ1) is 16.1. The van der Waals surface area contributed by atoms with Crippen molar-refractivity contribution in [2.45, 2.75) is 12.5 Å². The average molecular weight is 352 g/mol. The Kier molecular flexibility index (Phi) is 5.91. The van der Waals surface area contributed by atoms with E-state index in [1.54, 1.807) is 13.2 Å². The van der Waals surface area contributed by atoms with E-state index in [2.05, 4.69) is 33.4 Å². The minimum atomic E-state index is -0.216. The summed E-state index contributed by atoms with van der Waals surface area (Å²) in [5, 5.41) is 3.18. The van der Waals surface area contributed by atoms with Crippen molar-refractivity contribution in [3.63, 3.8) is 0 Å². The summed E-state index contributed by atoms with van der Waals surface area (Å²) in [6.45, 7) is 0.705. The lowest BCUT2D eigenvalue weighted by Gasteiger charge is -2.18. The molecule has 1 atom stereocenters. The molecule has 0 bridgehead atoms. The lowest BCUT2D eigenvalue weighted by atomic mass is 9.97. The highest BCUT2D eigenvalue weighted by Gasteiger charge is 2.16. The van der Waals surface area contributed by atoms with Gasteiger partial charge in [0.15, 0.2) is 0 Å². The van der Waals surface area contributed by atoms with Gasteiger partial charge in [0.05, 0.1) is 12.6 Å². The van der Waals surface area contributed by atoms with Crippen molar-refractivity contribution < 1.29 is 9.13 Å². The zero-order chi connectivity index (χ0) is 15.2. The fourth-order valence-electron chi connectivity index (χ4n) is 2.33. The van der Waals surface area contributed by atoms with Crippen LogP contribution in [-0.4, -0.2) is 20.8 Å². The Morgan fingerprint density at radius 1 is 1.19 bits per heavy atom. The molecule has 21 heavy (non-hydrogen) atoms. The number of benzene rings is 2. The third-order valence-electron chi connectivity index (χ3n) is 3.47. The SMILES string of the molecule is CNC(c1ccc(CCOC)cc1)c1ccc(Br)cc1F. The molecule has 0 aromatic heterocycles. The molecule has 4 heteroatoms. The molecule has 1 N–H and O–H groups in total. The molecule has 2 nitrogen and oxygen atoms in total. The highest BCUT2D eigenvalue weighted by molar-refractivity contribution is 9.10. The zero-order valence-electron chi connectivity index (χ0n) is 12.2. The Morgan fingerprint density at radius 3 is 2.48 bits per heavy atom. The van der Waals surface area contributed by atoms with Gasteiger partial charge in [-0.2, -0.15) is 0 Å². The van der Waals surface area contributed by atoms with Crippen LogP contribution >= 0.6 is 15.9 Å². The number of nitrogens with one attached hydrogen (secondary N) is 1. The van der Waals surface area contributed by atoms with E-state index in [0.29, 0.717) is 12.2 Å². The second-order valence-electron chi connectivity index (χ2n) is 4.87. The number of hydrogen-bond donors (Lipinski definition) is 1. The van der Waals surface area contributed by atoms with Crippen molar-refractivity contribution in [2.24, 2.45) is 0 Å².